The van der Waals surface area contributed by atoms with Crippen LogP contribution < -0.4 is 0 Å². The van der Waals surface area contributed by atoms with Crippen LogP contribution in [0.5, 0.6) is 0 Å². The predicted molar refractivity (Wildman–Crippen MR) is 78.9 cm³/mol. The van der Waals surface area contributed by atoms with Gasteiger partial charge in [-0.3, -0.25) is 4.79 Å². The molecule has 0 radical (unpaired) electrons. The van der Waals surface area contributed by atoms with Crippen molar-refractivity contribution in [2.45, 2.75) is 40.0 Å². The molecule has 2 heteroatoms. The zero-order chi connectivity index (χ0) is 13.3. The molecule has 1 aromatic carbocycles. The Balaban J connectivity index is 2.05. The molecule has 0 bridgehead atoms. The van der Waals surface area contributed by atoms with E-state index in [0.717, 1.165) is 22.9 Å². The maximum atomic E-state index is 12.3. The van der Waals surface area contributed by atoms with Crippen molar-refractivity contribution < 1.29 is 4.79 Å². The van der Waals surface area contributed by atoms with Crippen molar-refractivity contribution >= 4 is 21.7 Å². The molecule has 98 valence electrons. The molecule has 1 unspecified atom stereocenters. The van der Waals surface area contributed by atoms with Crippen LogP contribution in [0, 0.1) is 17.8 Å². The van der Waals surface area contributed by atoms with Crippen LogP contribution in [-0.4, -0.2) is 5.78 Å². The average molecular weight is 309 g/mol. The number of fused-ring (bicyclic) bond motifs is 1. The van der Waals surface area contributed by atoms with Crippen molar-refractivity contribution in [3.8, 4) is 0 Å². The molecule has 0 aliphatic heterocycles. The number of halogens is 1. The van der Waals surface area contributed by atoms with Crippen LogP contribution in [0.1, 0.15) is 49.5 Å². The molecule has 0 heterocycles. The van der Waals surface area contributed by atoms with Gasteiger partial charge in [0, 0.05) is 16.0 Å². The van der Waals surface area contributed by atoms with E-state index in [1.807, 2.05) is 12.1 Å². The summed E-state index contributed by atoms with van der Waals surface area (Å²) in [5, 5.41) is 0. The summed E-state index contributed by atoms with van der Waals surface area (Å²) in [5.41, 5.74) is 2.16. The van der Waals surface area contributed by atoms with Crippen LogP contribution in [0.3, 0.4) is 0 Å². The van der Waals surface area contributed by atoms with Crippen molar-refractivity contribution in [2.24, 2.45) is 17.8 Å². The van der Waals surface area contributed by atoms with Crippen molar-refractivity contribution in [1.29, 1.82) is 0 Å². The van der Waals surface area contributed by atoms with E-state index in [1.165, 1.54) is 12.0 Å². The monoisotopic (exact) mass is 308 g/mol. The fourth-order valence-electron chi connectivity index (χ4n) is 3.11. The summed E-state index contributed by atoms with van der Waals surface area (Å²) in [6, 6.07) is 6.10. The first kappa shape index (κ1) is 13.8. The molecule has 1 aromatic rings. The van der Waals surface area contributed by atoms with Gasteiger partial charge in [-0.1, -0.05) is 42.8 Å². The summed E-state index contributed by atoms with van der Waals surface area (Å²) < 4.78 is 1.01. The van der Waals surface area contributed by atoms with Gasteiger partial charge in [0.1, 0.15) is 0 Å². The molecule has 1 aliphatic carbocycles. The second-order valence-corrected chi connectivity index (χ2v) is 6.95. The Morgan fingerprint density at radius 1 is 1.33 bits per heavy atom. The van der Waals surface area contributed by atoms with E-state index in [-0.39, 0.29) is 5.92 Å². The molecule has 0 aromatic heterocycles. The Bertz CT molecular complexity index is 450. The highest BCUT2D eigenvalue weighted by Crippen LogP contribution is 2.33. The molecule has 0 fully saturated rings. The SMILES string of the molecule is CC(C)C[C@@H](C)CC1Cc2ccc(Br)cc2C1=O. The van der Waals surface area contributed by atoms with Crippen LogP contribution >= 0.6 is 15.9 Å². The maximum Gasteiger partial charge on any atom is 0.166 e. The summed E-state index contributed by atoms with van der Waals surface area (Å²) in [6.07, 6.45) is 3.18. The van der Waals surface area contributed by atoms with Crippen molar-refractivity contribution in [3.05, 3.63) is 33.8 Å². The van der Waals surface area contributed by atoms with Gasteiger partial charge >= 0.3 is 0 Å². The average Bonchev–Trinajstić information content (AvgIpc) is 2.55. The number of carbonyl (C=O) groups excluding carboxylic acids is 1. The summed E-state index contributed by atoms with van der Waals surface area (Å²) in [7, 11) is 0. The highest BCUT2D eigenvalue weighted by atomic mass is 79.9. The van der Waals surface area contributed by atoms with Crippen LogP contribution in [0.15, 0.2) is 22.7 Å². The maximum absolute atomic E-state index is 12.3. The number of benzene rings is 1. The van der Waals surface area contributed by atoms with E-state index in [4.69, 9.17) is 0 Å². The molecular weight excluding hydrogens is 288 g/mol. The van der Waals surface area contributed by atoms with Gasteiger partial charge in [0.15, 0.2) is 5.78 Å². The lowest BCUT2D eigenvalue weighted by atomic mass is 9.87. The molecule has 0 saturated heterocycles. The van der Waals surface area contributed by atoms with E-state index in [1.54, 1.807) is 0 Å². The zero-order valence-electron chi connectivity index (χ0n) is 11.4. The molecule has 2 rings (SSSR count). The lowest BCUT2D eigenvalue weighted by Gasteiger charge is -2.17. The van der Waals surface area contributed by atoms with E-state index in [0.29, 0.717) is 17.6 Å². The van der Waals surface area contributed by atoms with Gasteiger partial charge < -0.3 is 0 Å². The summed E-state index contributed by atoms with van der Waals surface area (Å²) in [4.78, 5) is 12.3. The van der Waals surface area contributed by atoms with Gasteiger partial charge in [0.05, 0.1) is 0 Å². The van der Waals surface area contributed by atoms with Crippen molar-refractivity contribution in [3.63, 3.8) is 0 Å². The fraction of sp³-hybridized carbons (Fsp3) is 0.562. The van der Waals surface area contributed by atoms with Gasteiger partial charge in [0.2, 0.25) is 0 Å². The molecule has 18 heavy (non-hydrogen) atoms. The number of Topliss-reactive ketones (excluding diaryl/α,β-unsaturated/α-hetero) is 1. The molecule has 0 N–H and O–H groups in total. The lowest BCUT2D eigenvalue weighted by molar-refractivity contribution is 0.0917. The first-order valence-electron chi connectivity index (χ1n) is 6.80. The minimum Gasteiger partial charge on any atom is -0.294 e. The van der Waals surface area contributed by atoms with Gasteiger partial charge in [-0.05, 0) is 48.8 Å². The number of carbonyl (C=O) groups is 1. The fourth-order valence-corrected chi connectivity index (χ4v) is 3.47. The van der Waals surface area contributed by atoms with Crippen molar-refractivity contribution in [1.82, 2.24) is 0 Å². The second-order valence-electron chi connectivity index (χ2n) is 6.04. The van der Waals surface area contributed by atoms with E-state index < -0.39 is 0 Å². The largest absolute Gasteiger partial charge is 0.294 e. The third-order valence-corrected chi connectivity index (χ3v) is 4.23. The summed E-state index contributed by atoms with van der Waals surface area (Å²) >= 11 is 3.44. The zero-order valence-corrected chi connectivity index (χ0v) is 13.0. The highest BCUT2D eigenvalue weighted by molar-refractivity contribution is 9.10. The molecule has 0 amide bonds. The topological polar surface area (TPSA) is 17.1 Å². The quantitative estimate of drug-likeness (QED) is 0.775. The number of hydrogen-bond acceptors (Lipinski definition) is 1. The second kappa shape index (κ2) is 5.56. The van der Waals surface area contributed by atoms with Gasteiger partial charge in [-0.25, -0.2) is 0 Å². The Morgan fingerprint density at radius 3 is 2.72 bits per heavy atom. The third kappa shape index (κ3) is 3.03. The Labute approximate surface area is 118 Å². The van der Waals surface area contributed by atoms with Gasteiger partial charge in [-0.15, -0.1) is 0 Å². The van der Waals surface area contributed by atoms with E-state index >= 15 is 0 Å². The Morgan fingerprint density at radius 2 is 2.06 bits per heavy atom. The van der Waals surface area contributed by atoms with Gasteiger partial charge in [0.25, 0.3) is 0 Å². The lowest BCUT2D eigenvalue weighted by Crippen LogP contribution is -2.14. The standard InChI is InChI=1S/C16H21BrO/c1-10(2)6-11(3)7-13-8-12-4-5-14(17)9-15(12)16(13)18/h4-5,9-11,13H,6-8H2,1-3H3/t11-,13?/m1/s1. The third-order valence-electron chi connectivity index (χ3n) is 3.74. The summed E-state index contributed by atoms with van der Waals surface area (Å²) in [5.74, 6) is 1.91. The first-order chi connectivity index (χ1) is 8.47. The molecule has 0 saturated carbocycles. The minimum absolute atomic E-state index is 0.211. The number of hydrogen-bond donors (Lipinski definition) is 0. The minimum atomic E-state index is 0.211. The molecule has 1 aliphatic rings. The number of rotatable bonds is 4. The van der Waals surface area contributed by atoms with Gasteiger partial charge in [-0.2, -0.15) is 0 Å². The van der Waals surface area contributed by atoms with Crippen LogP contribution in [-0.2, 0) is 6.42 Å². The van der Waals surface area contributed by atoms with E-state index in [2.05, 4.69) is 42.8 Å². The molecule has 2 atom stereocenters. The smallest absolute Gasteiger partial charge is 0.166 e. The summed E-state index contributed by atoms with van der Waals surface area (Å²) in [6.45, 7) is 6.77. The highest BCUT2D eigenvalue weighted by Gasteiger charge is 2.31. The van der Waals surface area contributed by atoms with Crippen LogP contribution in [0.4, 0.5) is 0 Å². The van der Waals surface area contributed by atoms with Crippen LogP contribution in [0.2, 0.25) is 0 Å². The Hall–Kier alpha value is -0.630. The molecule has 0 spiro atoms. The molecule has 1 nitrogen and oxygen atoms in total. The molecular formula is C16H21BrO. The first-order valence-corrected chi connectivity index (χ1v) is 7.59. The van der Waals surface area contributed by atoms with E-state index in [9.17, 15) is 4.79 Å². The normalized spacial score (nSPS) is 20.3. The number of ketones is 1. The van der Waals surface area contributed by atoms with Crippen LogP contribution in [0.25, 0.3) is 0 Å². The Kier molecular flexibility index (Phi) is 4.26. The van der Waals surface area contributed by atoms with Crippen molar-refractivity contribution in [2.75, 3.05) is 0 Å². The predicted octanol–water partition coefficient (Wildman–Crippen LogP) is 4.88.